The van der Waals surface area contributed by atoms with Gasteiger partial charge in [0.2, 0.25) is 0 Å². The number of aliphatic hydroxyl groups is 1. The first-order valence-electron chi connectivity index (χ1n) is 10.0. The Balaban J connectivity index is 2.18. The molecule has 142 valence electrons. The van der Waals surface area contributed by atoms with Crippen molar-refractivity contribution in [1.29, 1.82) is 0 Å². The van der Waals surface area contributed by atoms with E-state index in [4.69, 9.17) is 4.74 Å². The van der Waals surface area contributed by atoms with E-state index in [2.05, 4.69) is 27.4 Å². The molecule has 0 aromatic carbocycles. The number of Topliss-reactive ketones (excluding diaryl/α,β-unsaturated/α-hetero) is 1. The van der Waals surface area contributed by atoms with E-state index < -0.39 is 11.5 Å². The second-order valence-electron chi connectivity index (χ2n) is 9.69. The summed E-state index contributed by atoms with van der Waals surface area (Å²) in [6, 6.07) is 0. The van der Waals surface area contributed by atoms with E-state index in [1.807, 2.05) is 13.0 Å². The summed E-state index contributed by atoms with van der Waals surface area (Å²) in [5, 5.41) is 11.4. The van der Waals surface area contributed by atoms with Crippen LogP contribution in [0.25, 0.3) is 0 Å². The molecule has 25 heavy (non-hydrogen) atoms. The molecule has 0 heterocycles. The van der Waals surface area contributed by atoms with Gasteiger partial charge in [-0.1, -0.05) is 33.8 Å². The van der Waals surface area contributed by atoms with E-state index in [1.54, 1.807) is 7.11 Å². The third-order valence-electron chi connectivity index (χ3n) is 8.77. The molecule has 0 unspecified atom stereocenters. The molecule has 0 aromatic rings. The van der Waals surface area contributed by atoms with Gasteiger partial charge in [0.15, 0.2) is 0 Å². The van der Waals surface area contributed by atoms with Gasteiger partial charge in [0, 0.05) is 23.9 Å². The summed E-state index contributed by atoms with van der Waals surface area (Å²) in [4.78, 5) is 13.6. The Bertz CT molecular complexity index is 557. The van der Waals surface area contributed by atoms with Gasteiger partial charge in [0.25, 0.3) is 0 Å². The minimum atomic E-state index is -0.512. The molecular formula is C22H36O3. The number of ketones is 1. The molecule has 0 spiro atoms. The van der Waals surface area contributed by atoms with E-state index in [1.165, 1.54) is 0 Å². The fourth-order valence-corrected chi connectivity index (χ4v) is 7.03. The van der Waals surface area contributed by atoms with Crippen LogP contribution in [0, 0.1) is 34.0 Å². The lowest BCUT2D eigenvalue weighted by atomic mass is 9.44. The highest BCUT2D eigenvalue weighted by molar-refractivity contribution is 5.87. The van der Waals surface area contributed by atoms with Crippen LogP contribution in [-0.4, -0.2) is 30.2 Å². The van der Waals surface area contributed by atoms with E-state index in [0.717, 1.165) is 25.7 Å². The number of hydrogen-bond donors (Lipinski definition) is 1. The molecule has 1 N–H and O–H groups in total. The molecule has 0 aliphatic heterocycles. The molecule has 0 amide bonds. The average molecular weight is 349 g/mol. The maximum atomic E-state index is 13.6. The van der Waals surface area contributed by atoms with Gasteiger partial charge < -0.3 is 9.84 Å². The first kappa shape index (κ1) is 19.1. The van der Waals surface area contributed by atoms with Crippen molar-refractivity contribution in [1.82, 2.24) is 0 Å². The van der Waals surface area contributed by atoms with Crippen LogP contribution in [0.4, 0.5) is 0 Å². The molecule has 3 rings (SSSR count). The highest BCUT2D eigenvalue weighted by Gasteiger charge is 2.67. The second-order valence-corrected chi connectivity index (χ2v) is 9.69. The summed E-state index contributed by atoms with van der Waals surface area (Å²) < 4.78 is 5.91. The molecule has 0 saturated heterocycles. The van der Waals surface area contributed by atoms with Gasteiger partial charge in [-0.15, -0.1) is 6.58 Å². The van der Waals surface area contributed by atoms with Crippen LogP contribution >= 0.6 is 0 Å². The summed E-state index contributed by atoms with van der Waals surface area (Å²) in [7, 11) is 1.80. The standard InChI is InChI=1S/C22H36O3/c1-7-10-20(4)13-17(23)21(5)14(2)8-11-22(15(3)19(20)24)12-9-16(25-6)18(21)22/h7,14-18,23H,1,8-13H2,2-6H3/t14-,15+,16-,17-,18-,20-,21+,22+/m1/s1. The third-order valence-corrected chi connectivity index (χ3v) is 8.77. The minimum Gasteiger partial charge on any atom is -0.393 e. The van der Waals surface area contributed by atoms with Crippen LogP contribution in [0.3, 0.4) is 0 Å². The van der Waals surface area contributed by atoms with Crippen LogP contribution in [0.1, 0.15) is 66.2 Å². The van der Waals surface area contributed by atoms with E-state index in [-0.39, 0.29) is 28.8 Å². The minimum absolute atomic E-state index is 0.0157. The molecule has 0 radical (unpaired) electrons. The number of aliphatic hydroxyl groups excluding tert-OH is 1. The van der Waals surface area contributed by atoms with Crippen molar-refractivity contribution < 1.29 is 14.6 Å². The Labute approximate surface area is 153 Å². The largest absolute Gasteiger partial charge is 0.393 e. The van der Waals surface area contributed by atoms with Crippen LogP contribution in [0.2, 0.25) is 0 Å². The van der Waals surface area contributed by atoms with Crippen LogP contribution in [-0.2, 0) is 9.53 Å². The Hall–Kier alpha value is -0.670. The molecule has 8 atom stereocenters. The zero-order valence-corrected chi connectivity index (χ0v) is 16.7. The van der Waals surface area contributed by atoms with Gasteiger partial charge in [-0.05, 0) is 55.8 Å². The maximum absolute atomic E-state index is 13.6. The first-order valence-corrected chi connectivity index (χ1v) is 10.0. The number of carbonyl (C=O) groups excluding carboxylic acids is 1. The molecule has 3 heteroatoms. The van der Waals surface area contributed by atoms with E-state index in [9.17, 15) is 9.90 Å². The SMILES string of the molecule is C=CC[C@]1(C)C[C@@H](O)[C@]2(C)[C@H](C)CC[C@]3(CC[C@@H](OC)[C@@H]32)[C@@H](C)C1=O. The van der Waals surface area contributed by atoms with Crippen LogP contribution in [0.5, 0.6) is 0 Å². The lowest BCUT2D eigenvalue weighted by molar-refractivity contribution is -0.191. The molecule has 3 fully saturated rings. The van der Waals surface area contributed by atoms with Crippen molar-refractivity contribution >= 4 is 5.78 Å². The molecular weight excluding hydrogens is 312 g/mol. The number of carbonyl (C=O) groups is 1. The predicted molar refractivity (Wildman–Crippen MR) is 100 cm³/mol. The molecule has 3 saturated carbocycles. The Kier molecular flexibility index (Phi) is 4.73. The predicted octanol–water partition coefficient (Wildman–Crippen LogP) is 4.39. The van der Waals surface area contributed by atoms with E-state index >= 15 is 0 Å². The summed E-state index contributed by atoms with van der Waals surface area (Å²) in [6.07, 6.45) is 6.93. The normalized spacial score (nSPS) is 53.0. The maximum Gasteiger partial charge on any atom is 0.142 e. The molecule has 3 nitrogen and oxygen atoms in total. The van der Waals surface area contributed by atoms with Crippen molar-refractivity contribution in [3.05, 3.63) is 12.7 Å². The van der Waals surface area contributed by atoms with Crippen molar-refractivity contribution in [2.75, 3.05) is 7.11 Å². The number of rotatable bonds is 3. The highest BCUT2D eigenvalue weighted by atomic mass is 16.5. The topological polar surface area (TPSA) is 46.5 Å². The van der Waals surface area contributed by atoms with Gasteiger partial charge >= 0.3 is 0 Å². The van der Waals surface area contributed by atoms with Crippen molar-refractivity contribution in [2.24, 2.45) is 34.0 Å². The number of hydrogen-bond acceptors (Lipinski definition) is 3. The average Bonchev–Trinajstić information content (AvgIpc) is 2.97. The third kappa shape index (κ3) is 2.41. The molecule has 0 aromatic heterocycles. The zero-order chi connectivity index (χ0) is 18.6. The number of allylic oxidation sites excluding steroid dienone is 1. The smallest absolute Gasteiger partial charge is 0.142 e. The van der Waals surface area contributed by atoms with Crippen LogP contribution in [0.15, 0.2) is 12.7 Å². The second kappa shape index (κ2) is 6.20. The quantitative estimate of drug-likeness (QED) is 0.770. The fraction of sp³-hybridized carbons (Fsp3) is 0.864. The van der Waals surface area contributed by atoms with Gasteiger partial charge in [0.05, 0.1) is 12.2 Å². The number of methoxy groups -OCH3 is 1. The summed E-state index contributed by atoms with van der Waals surface area (Å²) in [5.74, 6) is 1.03. The van der Waals surface area contributed by atoms with Crippen molar-refractivity contribution in [2.45, 2.75) is 78.4 Å². The molecule has 3 aliphatic rings. The summed E-state index contributed by atoms with van der Waals surface area (Å²) in [5.41, 5.74) is -0.738. The first-order chi connectivity index (χ1) is 11.7. The van der Waals surface area contributed by atoms with E-state index in [0.29, 0.717) is 24.5 Å². The van der Waals surface area contributed by atoms with Gasteiger partial charge in [-0.3, -0.25) is 4.79 Å². The van der Waals surface area contributed by atoms with Crippen molar-refractivity contribution in [3.8, 4) is 0 Å². The monoisotopic (exact) mass is 348 g/mol. The van der Waals surface area contributed by atoms with Gasteiger partial charge in [-0.25, -0.2) is 0 Å². The van der Waals surface area contributed by atoms with Crippen LogP contribution < -0.4 is 0 Å². The Morgan fingerprint density at radius 1 is 1.28 bits per heavy atom. The van der Waals surface area contributed by atoms with Gasteiger partial charge in [-0.2, -0.15) is 0 Å². The van der Waals surface area contributed by atoms with Crippen molar-refractivity contribution in [3.63, 3.8) is 0 Å². The Morgan fingerprint density at radius 2 is 1.92 bits per heavy atom. The highest BCUT2D eigenvalue weighted by Crippen LogP contribution is 2.68. The molecule has 3 aliphatic carbocycles. The Morgan fingerprint density at radius 3 is 2.52 bits per heavy atom. The lowest BCUT2D eigenvalue weighted by Gasteiger charge is -2.61. The molecule has 2 bridgehead atoms. The summed E-state index contributed by atoms with van der Waals surface area (Å²) in [6.45, 7) is 12.6. The lowest BCUT2D eigenvalue weighted by Crippen LogP contribution is -2.62. The zero-order valence-electron chi connectivity index (χ0n) is 16.7. The van der Waals surface area contributed by atoms with Gasteiger partial charge in [0.1, 0.15) is 5.78 Å². The number of ether oxygens (including phenoxy) is 1. The summed E-state index contributed by atoms with van der Waals surface area (Å²) >= 11 is 0. The fourth-order valence-electron chi connectivity index (χ4n) is 7.03.